The maximum Gasteiger partial charge on any atom is 0.282 e. The third-order valence-electron chi connectivity index (χ3n) is 4.81. The van der Waals surface area contributed by atoms with Gasteiger partial charge < -0.3 is 19.6 Å². The fourth-order valence-corrected chi connectivity index (χ4v) is 3.48. The summed E-state index contributed by atoms with van der Waals surface area (Å²) in [6.07, 6.45) is 0. The quantitative estimate of drug-likeness (QED) is 0.697. The van der Waals surface area contributed by atoms with Crippen LogP contribution in [0.25, 0.3) is 0 Å². The molecule has 0 spiro atoms. The number of nitrogens with one attached hydrogen (secondary N) is 3. The number of amides is 1. The van der Waals surface area contributed by atoms with Gasteiger partial charge in [-0.3, -0.25) is 4.79 Å². The molecule has 0 radical (unpaired) electrons. The summed E-state index contributed by atoms with van der Waals surface area (Å²) < 4.78 is 5.13. The number of carbonyl (C=O) groups is 1. The van der Waals surface area contributed by atoms with E-state index in [2.05, 4.69) is 10.5 Å². The number of quaternary nitrogens is 2. The van der Waals surface area contributed by atoms with E-state index in [0.29, 0.717) is 5.02 Å². The van der Waals surface area contributed by atoms with Crippen molar-refractivity contribution < 1.29 is 19.1 Å². The van der Waals surface area contributed by atoms with E-state index in [9.17, 15) is 4.79 Å². The van der Waals surface area contributed by atoms with Gasteiger partial charge in [0.15, 0.2) is 6.04 Å². The molecule has 0 bridgehead atoms. The average Bonchev–Trinajstić information content (AvgIpc) is 3.00. The Labute approximate surface area is 152 Å². The Hall–Kier alpha value is -1.89. The Morgan fingerprint density at radius 1 is 1.32 bits per heavy atom. The fourth-order valence-electron chi connectivity index (χ4n) is 3.29. The molecule has 25 heavy (non-hydrogen) atoms. The Bertz CT molecular complexity index is 725. The monoisotopic (exact) mass is 364 g/mol. The number of anilines is 1. The van der Waals surface area contributed by atoms with Crippen LogP contribution >= 0.6 is 11.6 Å². The fraction of sp³-hybridized carbons (Fsp3) is 0.444. The number of halogens is 1. The van der Waals surface area contributed by atoms with E-state index >= 15 is 0 Å². The Kier molecular flexibility index (Phi) is 5.73. The average molecular weight is 365 g/mol. The first-order chi connectivity index (χ1) is 12.0. The zero-order valence-corrected chi connectivity index (χ0v) is 15.4. The number of hydrogen-bond acceptors (Lipinski definition) is 3. The van der Waals surface area contributed by atoms with Gasteiger partial charge in [-0.25, -0.2) is 0 Å². The highest BCUT2D eigenvalue weighted by molar-refractivity contribution is 6.30. The van der Waals surface area contributed by atoms with Crippen molar-refractivity contribution in [2.45, 2.75) is 26.4 Å². The normalized spacial score (nSPS) is 21.7. The summed E-state index contributed by atoms with van der Waals surface area (Å²) in [7, 11) is 0. The van der Waals surface area contributed by atoms with Crippen LogP contribution in [0.5, 0.6) is 0 Å². The number of rotatable bonds is 5. The van der Waals surface area contributed by atoms with Gasteiger partial charge in [-0.2, -0.15) is 0 Å². The largest absolute Gasteiger partial charge is 0.361 e. The van der Waals surface area contributed by atoms with Gasteiger partial charge in [0.25, 0.3) is 5.91 Å². The molecule has 3 N–H and O–H groups in total. The van der Waals surface area contributed by atoms with E-state index in [4.69, 9.17) is 16.1 Å². The molecule has 3 rings (SSSR count). The van der Waals surface area contributed by atoms with Crippen LogP contribution < -0.4 is 15.1 Å². The lowest BCUT2D eigenvalue weighted by Gasteiger charge is -2.32. The van der Waals surface area contributed by atoms with Crippen LogP contribution in [-0.4, -0.2) is 43.3 Å². The van der Waals surface area contributed by atoms with Crippen LogP contribution in [0.3, 0.4) is 0 Å². The van der Waals surface area contributed by atoms with Crippen LogP contribution in [-0.2, 0) is 11.3 Å². The summed E-state index contributed by atoms with van der Waals surface area (Å²) in [5.41, 5.74) is 1.75. The van der Waals surface area contributed by atoms with Crippen molar-refractivity contribution >= 4 is 23.2 Å². The molecule has 1 saturated heterocycles. The van der Waals surface area contributed by atoms with E-state index in [1.54, 1.807) is 12.1 Å². The summed E-state index contributed by atoms with van der Waals surface area (Å²) in [6.45, 7) is 8.77. The zero-order chi connectivity index (χ0) is 17.8. The minimum absolute atomic E-state index is 0.0350. The van der Waals surface area contributed by atoms with Gasteiger partial charge in [-0.1, -0.05) is 22.8 Å². The van der Waals surface area contributed by atoms with Crippen molar-refractivity contribution in [2.75, 3.05) is 31.5 Å². The highest BCUT2D eigenvalue weighted by Crippen LogP contribution is 2.14. The van der Waals surface area contributed by atoms with E-state index in [0.717, 1.165) is 49.9 Å². The molecule has 0 saturated carbocycles. The van der Waals surface area contributed by atoms with E-state index in [1.165, 1.54) is 9.80 Å². The molecule has 1 aromatic carbocycles. The third kappa shape index (κ3) is 4.81. The smallest absolute Gasteiger partial charge is 0.282 e. The molecule has 134 valence electrons. The van der Waals surface area contributed by atoms with Gasteiger partial charge in [0.05, 0.1) is 0 Å². The molecule has 1 amide bonds. The van der Waals surface area contributed by atoms with Crippen LogP contribution in [0.15, 0.2) is 34.9 Å². The molecule has 1 aliphatic heterocycles. The minimum Gasteiger partial charge on any atom is -0.361 e. The second kappa shape index (κ2) is 7.99. The molecule has 2 aromatic rings. The number of hydrogen-bond donors (Lipinski definition) is 3. The molecule has 0 aliphatic carbocycles. The van der Waals surface area contributed by atoms with Crippen molar-refractivity contribution in [3.8, 4) is 0 Å². The van der Waals surface area contributed by atoms with Crippen molar-refractivity contribution in [2.24, 2.45) is 0 Å². The summed E-state index contributed by atoms with van der Waals surface area (Å²) in [6, 6.07) is 9.16. The van der Waals surface area contributed by atoms with Gasteiger partial charge in [-0.05, 0) is 32.0 Å². The molecular weight excluding hydrogens is 340 g/mol. The predicted octanol–water partition coefficient (Wildman–Crippen LogP) is -0.0530. The van der Waals surface area contributed by atoms with Crippen molar-refractivity contribution in [3.63, 3.8) is 0 Å². The van der Waals surface area contributed by atoms with E-state index in [-0.39, 0.29) is 11.9 Å². The van der Waals surface area contributed by atoms with Crippen molar-refractivity contribution in [1.82, 2.24) is 5.16 Å². The van der Waals surface area contributed by atoms with Gasteiger partial charge >= 0.3 is 0 Å². The van der Waals surface area contributed by atoms with Crippen LogP contribution in [0.1, 0.15) is 18.4 Å². The lowest BCUT2D eigenvalue weighted by Crippen LogP contribution is -3.29. The van der Waals surface area contributed by atoms with Gasteiger partial charge in [-0.15, -0.1) is 0 Å². The standard InChI is InChI=1S/C18H23ClN4O2/c1-13-10-17(21-25-13)12-22-6-8-23(9-7-22)14(2)18(24)20-16-5-3-4-15(19)11-16/h3-5,10-11,14H,6-9,12H2,1-2H3,(H,20,24)/p+2/t14-/m1/s1. The number of benzene rings is 1. The van der Waals surface area contributed by atoms with Crippen molar-refractivity contribution in [1.29, 1.82) is 0 Å². The zero-order valence-electron chi connectivity index (χ0n) is 14.6. The van der Waals surface area contributed by atoms with E-state index in [1.807, 2.05) is 32.0 Å². The molecule has 1 aromatic heterocycles. The molecule has 0 unspecified atom stereocenters. The number of nitrogens with zero attached hydrogens (tertiary/aromatic N) is 1. The number of aryl methyl sites for hydroxylation is 1. The number of piperazine rings is 1. The Morgan fingerprint density at radius 2 is 2.08 bits per heavy atom. The highest BCUT2D eigenvalue weighted by atomic mass is 35.5. The first-order valence-corrected chi connectivity index (χ1v) is 9.06. The topological polar surface area (TPSA) is 64.0 Å². The summed E-state index contributed by atoms with van der Waals surface area (Å²) in [5, 5.41) is 7.65. The minimum atomic E-state index is -0.0881. The maximum atomic E-state index is 12.5. The molecule has 1 fully saturated rings. The second-order valence-corrected chi connectivity index (χ2v) is 7.17. The summed E-state index contributed by atoms with van der Waals surface area (Å²) in [5.74, 6) is 0.887. The Morgan fingerprint density at radius 3 is 2.72 bits per heavy atom. The van der Waals surface area contributed by atoms with E-state index < -0.39 is 0 Å². The van der Waals surface area contributed by atoms with Gasteiger partial charge in [0.2, 0.25) is 0 Å². The van der Waals surface area contributed by atoms with Gasteiger partial charge in [0.1, 0.15) is 44.2 Å². The first kappa shape index (κ1) is 17.9. The molecule has 6 nitrogen and oxygen atoms in total. The molecule has 1 aliphatic rings. The number of aromatic nitrogens is 1. The lowest BCUT2D eigenvalue weighted by molar-refractivity contribution is -1.02. The molecule has 2 heterocycles. The molecule has 1 atom stereocenters. The first-order valence-electron chi connectivity index (χ1n) is 8.68. The maximum absolute atomic E-state index is 12.5. The van der Waals surface area contributed by atoms with Crippen LogP contribution in [0.4, 0.5) is 5.69 Å². The second-order valence-electron chi connectivity index (χ2n) is 6.74. The molecular formula is C18H25ClN4O2+2. The number of carbonyl (C=O) groups excluding carboxylic acids is 1. The summed E-state index contributed by atoms with van der Waals surface area (Å²) in [4.78, 5) is 15.3. The summed E-state index contributed by atoms with van der Waals surface area (Å²) >= 11 is 5.97. The van der Waals surface area contributed by atoms with Crippen LogP contribution in [0, 0.1) is 6.92 Å². The van der Waals surface area contributed by atoms with Gasteiger partial charge in [0, 0.05) is 16.8 Å². The lowest BCUT2D eigenvalue weighted by atomic mass is 10.2. The van der Waals surface area contributed by atoms with Crippen molar-refractivity contribution in [3.05, 3.63) is 46.8 Å². The SMILES string of the molecule is Cc1cc(C[NH+]2CC[NH+]([C@H](C)C(=O)Nc3cccc(Cl)c3)CC2)no1. The van der Waals surface area contributed by atoms with Crippen LogP contribution in [0.2, 0.25) is 5.02 Å². The third-order valence-corrected chi connectivity index (χ3v) is 5.04. The predicted molar refractivity (Wildman–Crippen MR) is 95.9 cm³/mol. The molecule has 7 heteroatoms. The highest BCUT2D eigenvalue weighted by Gasteiger charge is 2.31. The Balaban J connectivity index is 1.49.